The van der Waals surface area contributed by atoms with Gasteiger partial charge in [0.05, 0.1) is 6.10 Å². The van der Waals surface area contributed by atoms with E-state index in [1.807, 2.05) is 24.3 Å². The molecule has 0 unspecified atom stereocenters. The molecule has 0 aliphatic heterocycles. The van der Waals surface area contributed by atoms with E-state index in [1.165, 1.54) is 0 Å². The number of amides is 2. The van der Waals surface area contributed by atoms with Crippen LogP contribution in [0, 0.1) is 0 Å². The molecule has 0 fully saturated rings. The molecule has 1 aromatic rings. The van der Waals surface area contributed by atoms with E-state index >= 15 is 0 Å². The third-order valence-corrected chi connectivity index (χ3v) is 2.54. The molecule has 18 heavy (non-hydrogen) atoms. The first-order valence-corrected chi connectivity index (χ1v) is 6.13. The second kappa shape index (κ2) is 5.87. The van der Waals surface area contributed by atoms with Gasteiger partial charge in [0.25, 0.3) is 0 Å². The minimum Gasteiger partial charge on any atom is -0.392 e. The number of carbonyl (C=O) groups excluding carboxylic acids is 1. The predicted octanol–water partition coefficient (Wildman–Crippen LogP) is 2.49. The Balaban J connectivity index is 2.76. The number of para-hydroxylation sites is 1. The molecule has 1 atom stereocenters. The molecule has 0 aliphatic carbocycles. The summed E-state index contributed by atoms with van der Waals surface area (Å²) in [5.74, 6) is 0. The van der Waals surface area contributed by atoms with Crippen molar-refractivity contribution in [1.29, 1.82) is 0 Å². The van der Waals surface area contributed by atoms with Crippen molar-refractivity contribution in [2.75, 3.05) is 11.9 Å². The monoisotopic (exact) mass is 250 g/mol. The molecule has 0 aromatic heterocycles. The van der Waals surface area contributed by atoms with E-state index in [0.29, 0.717) is 0 Å². The van der Waals surface area contributed by atoms with Gasteiger partial charge in [0, 0.05) is 12.2 Å². The molecule has 2 amide bonds. The topological polar surface area (TPSA) is 61.4 Å². The zero-order valence-corrected chi connectivity index (χ0v) is 11.4. The summed E-state index contributed by atoms with van der Waals surface area (Å²) in [6.45, 7) is 8.16. The lowest BCUT2D eigenvalue weighted by molar-refractivity contribution is 0.190. The molecule has 0 saturated carbocycles. The number of benzene rings is 1. The van der Waals surface area contributed by atoms with Gasteiger partial charge in [-0.25, -0.2) is 4.79 Å². The molecule has 4 nitrogen and oxygen atoms in total. The van der Waals surface area contributed by atoms with Gasteiger partial charge >= 0.3 is 6.03 Å². The average Bonchev–Trinajstić information content (AvgIpc) is 2.25. The van der Waals surface area contributed by atoms with Gasteiger partial charge in [0.2, 0.25) is 0 Å². The molecule has 0 spiro atoms. The third kappa shape index (κ3) is 4.37. The number of hydrogen-bond acceptors (Lipinski definition) is 2. The molecule has 0 bridgehead atoms. The maximum atomic E-state index is 11.7. The summed E-state index contributed by atoms with van der Waals surface area (Å²) in [5, 5.41) is 14.5. The van der Waals surface area contributed by atoms with Crippen LogP contribution in [0.1, 0.15) is 33.3 Å². The summed E-state index contributed by atoms with van der Waals surface area (Å²) >= 11 is 0. The smallest absolute Gasteiger partial charge is 0.319 e. The lowest BCUT2D eigenvalue weighted by Gasteiger charge is -2.23. The zero-order valence-electron chi connectivity index (χ0n) is 11.4. The van der Waals surface area contributed by atoms with Crippen molar-refractivity contribution in [2.24, 2.45) is 0 Å². The first-order valence-electron chi connectivity index (χ1n) is 6.13. The van der Waals surface area contributed by atoms with Crippen LogP contribution >= 0.6 is 0 Å². The molecule has 1 aromatic carbocycles. The van der Waals surface area contributed by atoms with E-state index in [1.54, 1.807) is 6.92 Å². The second-order valence-corrected chi connectivity index (χ2v) is 5.48. The molecule has 100 valence electrons. The van der Waals surface area contributed by atoms with Gasteiger partial charge in [0.1, 0.15) is 0 Å². The number of aliphatic hydroxyl groups is 1. The van der Waals surface area contributed by atoms with Gasteiger partial charge in [-0.3, -0.25) is 0 Å². The number of nitrogens with one attached hydrogen (secondary N) is 2. The molecule has 3 N–H and O–H groups in total. The van der Waals surface area contributed by atoms with E-state index < -0.39 is 6.10 Å². The van der Waals surface area contributed by atoms with E-state index in [2.05, 4.69) is 31.4 Å². The van der Waals surface area contributed by atoms with E-state index in [4.69, 9.17) is 5.11 Å². The average molecular weight is 250 g/mol. The fourth-order valence-corrected chi connectivity index (χ4v) is 1.65. The normalized spacial score (nSPS) is 12.9. The number of hydrogen-bond donors (Lipinski definition) is 3. The van der Waals surface area contributed by atoms with Crippen LogP contribution in [0.25, 0.3) is 0 Å². The number of anilines is 1. The van der Waals surface area contributed by atoms with E-state index in [0.717, 1.165) is 11.3 Å². The lowest BCUT2D eigenvalue weighted by atomic mass is 9.86. The zero-order chi connectivity index (χ0) is 13.8. The first-order chi connectivity index (χ1) is 8.30. The van der Waals surface area contributed by atoms with Crippen LogP contribution in [0.4, 0.5) is 10.5 Å². The van der Waals surface area contributed by atoms with Crippen LogP contribution in [0.2, 0.25) is 0 Å². The minimum atomic E-state index is -0.548. The summed E-state index contributed by atoms with van der Waals surface area (Å²) in [4.78, 5) is 11.7. The van der Waals surface area contributed by atoms with Crippen LogP contribution in [-0.4, -0.2) is 23.8 Å². The molecule has 0 radical (unpaired) electrons. The highest BCUT2D eigenvalue weighted by Gasteiger charge is 2.18. The number of urea groups is 1. The number of carbonyl (C=O) groups is 1. The van der Waals surface area contributed by atoms with Crippen LogP contribution in [0.15, 0.2) is 24.3 Å². The van der Waals surface area contributed by atoms with Crippen molar-refractivity contribution in [3.05, 3.63) is 29.8 Å². The van der Waals surface area contributed by atoms with Gasteiger partial charge in [-0.2, -0.15) is 0 Å². The van der Waals surface area contributed by atoms with Crippen molar-refractivity contribution in [3.8, 4) is 0 Å². The summed E-state index contributed by atoms with van der Waals surface area (Å²) in [7, 11) is 0. The molecule has 0 heterocycles. The Bertz CT molecular complexity index is 409. The standard InChI is InChI=1S/C14H22N2O2/c1-10(17)9-15-13(18)16-12-8-6-5-7-11(12)14(2,3)4/h5-8,10,17H,9H2,1-4H3,(H2,15,16,18)/t10-/m0/s1. The van der Waals surface area contributed by atoms with Gasteiger partial charge in [0.15, 0.2) is 0 Å². The highest BCUT2D eigenvalue weighted by molar-refractivity contribution is 5.90. The fraction of sp³-hybridized carbons (Fsp3) is 0.500. The highest BCUT2D eigenvalue weighted by atomic mass is 16.3. The molecule has 0 saturated heterocycles. The summed E-state index contributed by atoms with van der Waals surface area (Å²) in [6, 6.07) is 7.43. The highest BCUT2D eigenvalue weighted by Crippen LogP contribution is 2.28. The second-order valence-electron chi connectivity index (χ2n) is 5.48. The largest absolute Gasteiger partial charge is 0.392 e. The fourth-order valence-electron chi connectivity index (χ4n) is 1.65. The Hall–Kier alpha value is -1.55. The van der Waals surface area contributed by atoms with Crippen LogP contribution < -0.4 is 10.6 Å². The Morgan fingerprint density at radius 2 is 1.94 bits per heavy atom. The third-order valence-electron chi connectivity index (χ3n) is 2.54. The number of rotatable bonds is 3. The summed E-state index contributed by atoms with van der Waals surface area (Å²) in [6.07, 6.45) is -0.548. The molecular weight excluding hydrogens is 228 g/mol. The van der Waals surface area contributed by atoms with E-state index in [-0.39, 0.29) is 18.0 Å². The van der Waals surface area contributed by atoms with Gasteiger partial charge in [-0.1, -0.05) is 39.0 Å². The lowest BCUT2D eigenvalue weighted by Crippen LogP contribution is -2.34. The Morgan fingerprint density at radius 1 is 1.33 bits per heavy atom. The predicted molar refractivity (Wildman–Crippen MR) is 73.8 cm³/mol. The minimum absolute atomic E-state index is 0.0336. The van der Waals surface area contributed by atoms with Gasteiger partial charge < -0.3 is 15.7 Å². The Morgan fingerprint density at radius 3 is 2.50 bits per heavy atom. The molecule has 1 rings (SSSR count). The van der Waals surface area contributed by atoms with Crippen molar-refractivity contribution < 1.29 is 9.90 Å². The molecular formula is C14H22N2O2. The quantitative estimate of drug-likeness (QED) is 0.771. The van der Waals surface area contributed by atoms with E-state index in [9.17, 15) is 4.79 Å². The Labute approximate surface area is 108 Å². The Kier molecular flexibility index (Phi) is 4.73. The van der Waals surface area contributed by atoms with Gasteiger partial charge in [-0.15, -0.1) is 0 Å². The van der Waals surface area contributed by atoms with Crippen molar-refractivity contribution in [2.45, 2.75) is 39.2 Å². The van der Waals surface area contributed by atoms with Crippen molar-refractivity contribution >= 4 is 11.7 Å². The van der Waals surface area contributed by atoms with Crippen LogP contribution in [0.3, 0.4) is 0 Å². The van der Waals surface area contributed by atoms with Crippen molar-refractivity contribution in [1.82, 2.24) is 5.32 Å². The first kappa shape index (κ1) is 14.5. The summed E-state index contributed by atoms with van der Waals surface area (Å²) < 4.78 is 0. The maximum absolute atomic E-state index is 11.7. The SMILES string of the molecule is C[C@H](O)CNC(=O)Nc1ccccc1C(C)(C)C. The summed E-state index contributed by atoms with van der Waals surface area (Å²) in [5.41, 5.74) is 1.85. The van der Waals surface area contributed by atoms with Crippen LogP contribution in [-0.2, 0) is 5.41 Å². The van der Waals surface area contributed by atoms with Crippen LogP contribution in [0.5, 0.6) is 0 Å². The molecule has 4 heteroatoms. The van der Waals surface area contributed by atoms with Crippen molar-refractivity contribution in [3.63, 3.8) is 0 Å². The van der Waals surface area contributed by atoms with Gasteiger partial charge in [-0.05, 0) is 24.0 Å². The maximum Gasteiger partial charge on any atom is 0.319 e. The molecule has 0 aliphatic rings. The number of aliphatic hydroxyl groups excluding tert-OH is 1.